The molecule has 3 aliphatic rings. The molecule has 2 aliphatic carbocycles. The van der Waals surface area contributed by atoms with Crippen molar-refractivity contribution in [1.82, 2.24) is 4.90 Å². The molecule has 5 nitrogen and oxygen atoms in total. The summed E-state index contributed by atoms with van der Waals surface area (Å²) in [6.07, 6.45) is 0.891. The number of imide groups is 1. The number of likely N-dealkylation sites (tertiary alicyclic amines) is 1. The average molecular weight is 470 g/mol. The van der Waals surface area contributed by atoms with Crippen LogP contribution >= 0.6 is 31.9 Å². The molecule has 0 radical (unpaired) electrons. The van der Waals surface area contributed by atoms with Crippen molar-refractivity contribution in [3.8, 4) is 0 Å². The van der Waals surface area contributed by atoms with Gasteiger partial charge in [-0.3, -0.25) is 19.3 Å². The molecule has 2 saturated carbocycles. The Labute approximate surface area is 162 Å². The van der Waals surface area contributed by atoms with Crippen molar-refractivity contribution in [2.45, 2.75) is 23.0 Å². The zero-order valence-corrected chi connectivity index (χ0v) is 16.8. The van der Waals surface area contributed by atoms with Gasteiger partial charge in [0.25, 0.3) is 0 Å². The highest BCUT2D eigenvalue weighted by molar-refractivity contribution is 9.12. The molecule has 1 heterocycles. The number of carbonyl (C=O) groups excluding carboxylic acids is 3. The first kappa shape index (κ1) is 17.2. The quantitative estimate of drug-likeness (QED) is 0.546. The largest absolute Gasteiger partial charge is 0.325 e. The van der Waals surface area contributed by atoms with Crippen LogP contribution in [0, 0.1) is 30.6 Å². The van der Waals surface area contributed by atoms with Gasteiger partial charge in [-0.25, -0.2) is 0 Å². The minimum absolute atomic E-state index is 0.168. The van der Waals surface area contributed by atoms with Crippen molar-refractivity contribution in [2.24, 2.45) is 23.7 Å². The summed E-state index contributed by atoms with van der Waals surface area (Å²) in [4.78, 5) is 39.4. The third-order valence-corrected chi connectivity index (χ3v) is 8.92. The number of fused-ring (bicyclic) bond motifs is 5. The van der Waals surface area contributed by atoms with Crippen LogP contribution in [0.1, 0.15) is 12.0 Å². The van der Waals surface area contributed by atoms with Gasteiger partial charge in [-0.1, -0.05) is 49.6 Å². The Kier molecular flexibility index (Phi) is 4.27. The van der Waals surface area contributed by atoms with E-state index in [1.54, 1.807) is 12.1 Å². The number of halogens is 2. The number of nitrogens with zero attached hydrogens (tertiary/aromatic N) is 1. The molecule has 1 N–H and O–H groups in total. The fourth-order valence-corrected chi connectivity index (χ4v) is 6.42. The number of hydrogen-bond acceptors (Lipinski definition) is 3. The van der Waals surface area contributed by atoms with Gasteiger partial charge in [-0.2, -0.15) is 0 Å². The Morgan fingerprint density at radius 2 is 1.60 bits per heavy atom. The van der Waals surface area contributed by atoms with E-state index in [2.05, 4.69) is 37.2 Å². The molecular formula is C18H18Br2N2O3. The van der Waals surface area contributed by atoms with Crippen LogP contribution in [0.15, 0.2) is 24.3 Å². The fourth-order valence-electron chi connectivity index (χ4n) is 4.55. The average Bonchev–Trinajstić information content (AvgIpc) is 3.17. The summed E-state index contributed by atoms with van der Waals surface area (Å²) in [5.41, 5.74) is 1.76. The van der Waals surface area contributed by atoms with Crippen molar-refractivity contribution in [1.29, 1.82) is 0 Å². The Balaban J connectivity index is 1.47. The number of anilines is 1. The van der Waals surface area contributed by atoms with E-state index < -0.39 is 0 Å². The van der Waals surface area contributed by atoms with E-state index in [1.165, 1.54) is 0 Å². The summed E-state index contributed by atoms with van der Waals surface area (Å²) in [6.45, 7) is 1.76. The summed E-state index contributed by atoms with van der Waals surface area (Å²) in [5, 5.41) is 2.75. The molecule has 3 amide bonds. The number of benzene rings is 1. The van der Waals surface area contributed by atoms with Gasteiger partial charge < -0.3 is 5.32 Å². The van der Waals surface area contributed by atoms with Crippen molar-refractivity contribution in [3.63, 3.8) is 0 Å². The predicted octanol–water partition coefficient (Wildman–Crippen LogP) is 2.71. The highest BCUT2D eigenvalue weighted by Gasteiger charge is 2.66. The smallest absolute Gasteiger partial charge is 0.244 e. The van der Waals surface area contributed by atoms with E-state index in [-0.39, 0.29) is 57.6 Å². The first-order valence-corrected chi connectivity index (χ1v) is 10.2. The summed E-state index contributed by atoms with van der Waals surface area (Å²) >= 11 is 7.31. The molecule has 7 heteroatoms. The molecular weight excluding hydrogens is 452 g/mol. The van der Waals surface area contributed by atoms with Crippen LogP contribution in [0.2, 0.25) is 0 Å². The summed E-state index contributed by atoms with van der Waals surface area (Å²) < 4.78 is 0. The van der Waals surface area contributed by atoms with E-state index in [9.17, 15) is 14.4 Å². The molecule has 0 spiro atoms. The topological polar surface area (TPSA) is 66.5 Å². The van der Waals surface area contributed by atoms with Gasteiger partial charge in [0.05, 0.1) is 11.8 Å². The zero-order valence-electron chi connectivity index (χ0n) is 13.6. The summed E-state index contributed by atoms with van der Waals surface area (Å²) in [5.74, 6) is -0.938. The molecule has 132 valence electrons. The Morgan fingerprint density at radius 3 is 2.12 bits per heavy atom. The van der Waals surface area contributed by atoms with Crippen LogP contribution in [0.25, 0.3) is 0 Å². The number of rotatable bonds is 3. The second-order valence-electron chi connectivity index (χ2n) is 7.18. The maximum Gasteiger partial charge on any atom is 0.244 e. The molecule has 1 aromatic rings. The molecule has 4 rings (SSSR count). The maximum atomic E-state index is 12.8. The minimum Gasteiger partial charge on any atom is -0.325 e. The van der Waals surface area contributed by atoms with Gasteiger partial charge in [-0.05, 0) is 37.3 Å². The summed E-state index contributed by atoms with van der Waals surface area (Å²) in [7, 11) is 0. The summed E-state index contributed by atoms with van der Waals surface area (Å²) in [6, 6.07) is 7.41. The normalized spacial score (nSPS) is 36.0. The highest BCUT2D eigenvalue weighted by atomic mass is 79.9. The lowest BCUT2D eigenvalue weighted by Crippen LogP contribution is -2.39. The van der Waals surface area contributed by atoms with Crippen LogP contribution in [-0.4, -0.2) is 38.8 Å². The molecule has 25 heavy (non-hydrogen) atoms. The van der Waals surface area contributed by atoms with Crippen LogP contribution in [0.3, 0.4) is 0 Å². The van der Waals surface area contributed by atoms with Crippen LogP contribution in [0.5, 0.6) is 0 Å². The SMILES string of the molecule is Cc1ccc(NC(=O)CN2C(=O)[C@H]3[C@@H]4C[C@@H]([C@@H](Br)[C@H]4Br)[C@@H]3C2=O)cc1. The predicted molar refractivity (Wildman–Crippen MR) is 101 cm³/mol. The number of amides is 3. The first-order chi connectivity index (χ1) is 11.9. The fraction of sp³-hybridized carbons (Fsp3) is 0.500. The van der Waals surface area contributed by atoms with Crippen molar-refractivity contribution in [3.05, 3.63) is 29.8 Å². The van der Waals surface area contributed by atoms with Crippen LogP contribution in [-0.2, 0) is 14.4 Å². The Hall–Kier alpha value is -1.21. The Bertz CT molecular complexity index is 719. The van der Waals surface area contributed by atoms with Gasteiger partial charge in [0.15, 0.2) is 0 Å². The molecule has 2 bridgehead atoms. The van der Waals surface area contributed by atoms with E-state index in [0.29, 0.717) is 5.69 Å². The van der Waals surface area contributed by atoms with Gasteiger partial charge in [0.1, 0.15) is 6.54 Å². The van der Waals surface area contributed by atoms with Crippen LogP contribution in [0.4, 0.5) is 5.69 Å². The second-order valence-corrected chi connectivity index (χ2v) is 9.30. The van der Waals surface area contributed by atoms with E-state index >= 15 is 0 Å². The van der Waals surface area contributed by atoms with Gasteiger partial charge in [0.2, 0.25) is 17.7 Å². The highest BCUT2D eigenvalue weighted by Crippen LogP contribution is 2.60. The van der Waals surface area contributed by atoms with E-state index in [0.717, 1.165) is 16.9 Å². The Morgan fingerprint density at radius 1 is 1.08 bits per heavy atom. The van der Waals surface area contributed by atoms with Crippen molar-refractivity contribution < 1.29 is 14.4 Å². The number of alkyl halides is 2. The number of hydrogen-bond donors (Lipinski definition) is 1. The van der Waals surface area contributed by atoms with E-state index in [1.807, 2.05) is 19.1 Å². The lowest BCUT2D eigenvalue weighted by atomic mass is 9.81. The van der Waals surface area contributed by atoms with Crippen molar-refractivity contribution in [2.75, 3.05) is 11.9 Å². The number of carbonyl (C=O) groups is 3. The lowest BCUT2D eigenvalue weighted by molar-refractivity contribution is -0.143. The van der Waals surface area contributed by atoms with E-state index in [4.69, 9.17) is 0 Å². The third kappa shape index (κ3) is 2.67. The maximum absolute atomic E-state index is 12.8. The molecule has 3 fully saturated rings. The minimum atomic E-state index is -0.344. The molecule has 1 saturated heterocycles. The molecule has 1 aromatic carbocycles. The molecule has 1 aliphatic heterocycles. The van der Waals surface area contributed by atoms with Gasteiger partial charge in [-0.15, -0.1) is 0 Å². The molecule has 0 unspecified atom stereocenters. The second kappa shape index (κ2) is 6.20. The van der Waals surface area contributed by atoms with Gasteiger partial charge >= 0.3 is 0 Å². The number of nitrogens with one attached hydrogen (secondary N) is 1. The first-order valence-electron chi connectivity index (χ1n) is 8.38. The third-order valence-electron chi connectivity index (χ3n) is 5.72. The lowest BCUT2D eigenvalue weighted by Gasteiger charge is -2.28. The van der Waals surface area contributed by atoms with Crippen molar-refractivity contribution >= 4 is 55.3 Å². The molecule has 0 aromatic heterocycles. The molecule has 6 atom stereocenters. The monoisotopic (exact) mass is 468 g/mol. The van der Waals surface area contributed by atoms with Crippen LogP contribution < -0.4 is 5.32 Å². The zero-order chi connectivity index (χ0) is 17.9. The number of aryl methyl sites for hydroxylation is 1. The van der Waals surface area contributed by atoms with Gasteiger partial charge in [0, 0.05) is 15.3 Å². The standard InChI is InChI=1S/C18H18Br2N2O3/c1-8-2-4-9(5-3-8)21-12(23)7-22-17(24)13-10-6-11(14(13)18(22)25)16(20)15(10)19/h2-5,10-11,13-16H,6-7H2,1H3,(H,21,23)/t10-,11+,13-,14-,15-,16+/m0/s1.